The molecular formula is C20H24BrN. The van der Waals surface area contributed by atoms with Gasteiger partial charge in [0.15, 0.2) is 0 Å². The lowest BCUT2D eigenvalue weighted by Crippen LogP contribution is -2.03. The number of aromatic nitrogens is 1. The number of aromatic amines is 1. The van der Waals surface area contributed by atoms with Crippen LogP contribution in [0.5, 0.6) is 0 Å². The molecular weight excluding hydrogens is 334 g/mol. The Balaban J connectivity index is 2.01. The SMILES string of the molecule is CCCCC(CC)Cc1cccc2c1[nH]c1ccc(Br)cc12. The van der Waals surface area contributed by atoms with Crippen LogP contribution in [-0.2, 0) is 6.42 Å². The third-order valence-electron chi connectivity index (χ3n) is 4.73. The second-order valence-electron chi connectivity index (χ2n) is 6.28. The molecule has 0 aliphatic rings. The van der Waals surface area contributed by atoms with E-state index >= 15 is 0 Å². The van der Waals surface area contributed by atoms with Crippen LogP contribution in [0, 0.1) is 5.92 Å². The number of rotatable bonds is 6. The summed E-state index contributed by atoms with van der Waals surface area (Å²) in [5.41, 5.74) is 4.02. The van der Waals surface area contributed by atoms with Gasteiger partial charge in [-0.2, -0.15) is 0 Å². The zero-order valence-electron chi connectivity index (χ0n) is 13.5. The lowest BCUT2D eigenvalue weighted by molar-refractivity contribution is 0.450. The fourth-order valence-corrected chi connectivity index (χ4v) is 3.74. The van der Waals surface area contributed by atoms with E-state index in [0.29, 0.717) is 0 Å². The summed E-state index contributed by atoms with van der Waals surface area (Å²) in [6.45, 7) is 4.60. The van der Waals surface area contributed by atoms with Crippen molar-refractivity contribution in [3.63, 3.8) is 0 Å². The van der Waals surface area contributed by atoms with Gasteiger partial charge in [0, 0.05) is 26.3 Å². The van der Waals surface area contributed by atoms with E-state index in [1.54, 1.807) is 0 Å². The first-order valence-electron chi connectivity index (χ1n) is 8.41. The smallest absolute Gasteiger partial charge is 0.0497 e. The summed E-state index contributed by atoms with van der Waals surface area (Å²) < 4.78 is 1.14. The Bertz CT molecular complexity index is 772. The molecule has 0 saturated carbocycles. The molecule has 3 aromatic rings. The van der Waals surface area contributed by atoms with E-state index < -0.39 is 0 Å². The second kappa shape index (κ2) is 6.87. The minimum absolute atomic E-state index is 0.795. The average Bonchev–Trinajstić information content (AvgIpc) is 2.90. The van der Waals surface area contributed by atoms with E-state index in [2.05, 4.69) is 71.2 Å². The lowest BCUT2D eigenvalue weighted by atomic mass is 9.91. The first-order chi connectivity index (χ1) is 10.7. The summed E-state index contributed by atoms with van der Waals surface area (Å²) in [7, 11) is 0. The van der Waals surface area contributed by atoms with Gasteiger partial charge in [0.25, 0.3) is 0 Å². The highest BCUT2D eigenvalue weighted by atomic mass is 79.9. The summed E-state index contributed by atoms with van der Waals surface area (Å²) in [5, 5.41) is 2.66. The second-order valence-corrected chi connectivity index (χ2v) is 7.19. The van der Waals surface area contributed by atoms with Gasteiger partial charge in [-0.25, -0.2) is 0 Å². The van der Waals surface area contributed by atoms with Crippen LogP contribution in [0.15, 0.2) is 40.9 Å². The number of nitrogens with one attached hydrogen (secondary N) is 1. The standard InChI is InChI=1S/C20H24BrN/c1-3-5-7-14(4-2)12-15-8-6-9-17-18-13-16(21)10-11-19(18)22-20(15)17/h6,8-11,13-14,22H,3-5,7,12H2,1-2H3. The van der Waals surface area contributed by atoms with Crippen molar-refractivity contribution in [2.75, 3.05) is 0 Å². The van der Waals surface area contributed by atoms with Gasteiger partial charge < -0.3 is 4.98 Å². The van der Waals surface area contributed by atoms with E-state index in [1.807, 2.05) is 0 Å². The maximum atomic E-state index is 3.64. The topological polar surface area (TPSA) is 15.8 Å². The summed E-state index contributed by atoms with van der Waals surface area (Å²) in [4.78, 5) is 3.64. The minimum atomic E-state index is 0.795. The van der Waals surface area contributed by atoms with Crippen LogP contribution in [0.1, 0.15) is 45.1 Å². The largest absolute Gasteiger partial charge is 0.354 e. The van der Waals surface area contributed by atoms with E-state index in [1.165, 1.54) is 59.5 Å². The van der Waals surface area contributed by atoms with Gasteiger partial charge in [0.2, 0.25) is 0 Å². The maximum absolute atomic E-state index is 3.64. The molecule has 0 bridgehead atoms. The Morgan fingerprint density at radius 3 is 2.73 bits per heavy atom. The number of halogens is 1. The molecule has 0 spiro atoms. The van der Waals surface area contributed by atoms with E-state index in [4.69, 9.17) is 0 Å². The first kappa shape index (κ1) is 15.6. The molecule has 1 N–H and O–H groups in total. The highest BCUT2D eigenvalue weighted by Gasteiger charge is 2.12. The van der Waals surface area contributed by atoms with Crippen LogP contribution in [0.2, 0.25) is 0 Å². The Kier molecular flexibility index (Phi) is 4.87. The number of unbranched alkanes of at least 4 members (excludes halogenated alkanes) is 1. The van der Waals surface area contributed by atoms with E-state index in [0.717, 1.165) is 10.4 Å². The molecule has 0 aliphatic carbocycles. The molecule has 2 heteroatoms. The van der Waals surface area contributed by atoms with Gasteiger partial charge in [-0.1, -0.05) is 73.7 Å². The molecule has 1 unspecified atom stereocenters. The number of hydrogen-bond acceptors (Lipinski definition) is 0. The van der Waals surface area contributed by atoms with Gasteiger partial charge in [0.05, 0.1) is 0 Å². The summed E-state index contributed by atoms with van der Waals surface area (Å²) >= 11 is 3.59. The van der Waals surface area contributed by atoms with Crippen LogP contribution in [0.25, 0.3) is 21.8 Å². The molecule has 1 atom stereocenters. The number of benzene rings is 2. The third kappa shape index (κ3) is 3.08. The molecule has 2 aromatic carbocycles. The third-order valence-corrected chi connectivity index (χ3v) is 5.23. The van der Waals surface area contributed by atoms with Crippen LogP contribution in [0.4, 0.5) is 0 Å². The molecule has 0 aliphatic heterocycles. The number of hydrogen-bond donors (Lipinski definition) is 1. The van der Waals surface area contributed by atoms with Crippen molar-refractivity contribution in [1.82, 2.24) is 4.98 Å². The molecule has 0 amide bonds. The monoisotopic (exact) mass is 357 g/mol. The molecule has 116 valence electrons. The zero-order valence-corrected chi connectivity index (χ0v) is 15.0. The van der Waals surface area contributed by atoms with Crippen LogP contribution < -0.4 is 0 Å². The molecule has 3 rings (SSSR count). The Hall–Kier alpha value is -1.28. The maximum Gasteiger partial charge on any atom is 0.0497 e. The van der Waals surface area contributed by atoms with Crippen LogP contribution >= 0.6 is 15.9 Å². The fourth-order valence-electron chi connectivity index (χ4n) is 3.38. The van der Waals surface area contributed by atoms with Crippen molar-refractivity contribution in [3.05, 3.63) is 46.4 Å². The highest BCUT2D eigenvalue weighted by molar-refractivity contribution is 9.10. The molecule has 1 heterocycles. The summed E-state index contributed by atoms with van der Waals surface area (Å²) in [5.74, 6) is 0.795. The van der Waals surface area contributed by atoms with Crippen LogP contribution in [0.3, 0.4) is 0 Å². The Morgan fingerprint density at radius 1 is 1.09 bits per heavy atom. The normalized spacial score (nSPS) is 13.0. The zero-order chi connectivity index (χ0) is 15.5. The fraction of sp³-hybridized carbons (Fsp3) is 0.400. The van der Waals surface area contributed by atoms with Crippen molar-refractivity contribution in [1.29, 1.82) is 0 Å². The summed E-state index contributed by atoms with van der Waals surface area (Å²) in [6.07, 6.45) is 6.43. The predicted octanol–water partition coefficient (Wildman–Crippen LogP) is 6.84. The molecule has 22 heavy (non-hydrogen) atoms. The number of fused-ring (bicyclic) bond motifs is 3. The quantitative estimate of drug-likeness (QED) is 0.496. The van der Waals surface area contributed by atoms with Gasteiger partial charge in [-0.15, -0.1) is 0 Å². The first-order valence-corrected chi connectivity index (χ1v) is 9.21. The van der Waals surface area contributed by atoms with Gasteiger partial charge in [-0.3, -0.25) is 0 Å². The molecule has 0 radical (unpaired) electrons. The van der Waals surface area contributed by atoms with E-state index in [-0.39, 0.29) is 0 Å². The van der Waals surface area contributed by atoms with E-state index in [9.17, 15) is 0 Å². The van der Waals surface area contributed by atoms with Gasteiger partial charge in [-0.05, 0) is 36.1 Å². The number of para-hydroxylation sites is 1. The van der Waals surface area contributed by atoms with Gasteiger partial charge in [0.1, 0.15) is 0 Å². The summed E-state index contributed by atoms with van der Waals surface area (Å²) in [6, 6.07) is 13.2. The highest BCUT2D eigenvalue weighted by Crippen LogP contribution is 2.31. The lowest BCUT2D eigenvalue weighted by Gasteiger charge is -2.15. The average molecular weight is 358 g/mol. The van der Waals surface area contributed by atoms with Crippen molar-refractivity contribution in [2.45, 2.75) is 46.0 Å². The molecule has 0 saturated heterocycles. The van der Waals surface area contributed by atoms with Crippen molar-refractivity contribution >= 4 is 37.7 Å². The Morgan fingerprint density at radius 2 is 1.95 bits per heavy atom. The van der Waals surface area contributed by atoms with Crippen molar-refractivity contribution < 1.29 is 0 Å². The number of H-pyrrole nitrogens is 1. The van der Waals surface area contributed by atoms with Gasteiger partial charge >= 0.3 is 0 Å². The van der Waals surface area contributed by atoms with Crippen molar-refractivity contribution in [2.24, 2.45) is 5.92 Å². The molecule has 1 nitrogen and oxygen atoms in total. The van der Waals surface area contributed by atoms with Crippen molar-refractivity contribution in [3.8, 4) is 0 Å². The Labute approximate surface area is 141 Å². The molecule has 1 aromatic heterocycles. The predicted molar refractivity (Wildman–Crippen MR) is 101 cm³/mol. The van der Waals surface area contributed by atoms with Crippen LogP contribution in [-0.4, -0.2) is 4.98 Å². The molecule has 0 fully saturated rings. The minimum Gasteiger partial charge on any atom is -0.354 e.